The Labute approximate surface area is 113 Å². The van der Waals surface area contributed by atoms with Crippen LogP contribution in [0.3, 0.4) is 0 Å². The average Bonchev–Trinajstić information content (AvgIpc) is 2.23. The van der Waals surface area contributed by atoms with Crippen LogP contribution in [0.1, 0.15) is 20.8 Å². The Kier molecular flexibility index (Phi) is 8.02. The largest absolute Gasteiger partial charge is 0.318 e. The monoisotopic (exact) mass is 279 g/mol. The Bertz CT molecular complexity index is 315. The molecule has 0 saturated heterocycles. The van der Waals surface area contributed by atoms with Gasteiger partial charge in [-0.1, -0.05) is 13.8 Å². The molecule has 18 heavy (non-hydrogen) atoms. The van der Waals surface area contributed by atoms with Gasteiger partial charge in [-0.05, 0) is 34.0 Å². The Morgan fingerprint density at radius 3 is 2.06 bits per heavy atom. The van der Waals surface area contributed by atoms with Crippen molar-refractivity contribution in [2.45, 2.75) is 26.0 Å². The SMILES string of the molecule is CNCC(C)S(=O)(=O)N(CCN(C)C)CC(C)C. The summed E-state index contributed by atoms with van der Waals surface area (Å²) in [6.45, 7) is 8.22. The predicted octanol–water partition coefficient (Wildman–Crippen LogP) is 0.444. The van der Waals surface area contributed by atoms with Crippen molar-refractivity contribution in [3.63, 3.8) is 0 Å². The molecule has 5 nitrogen and oxygen atoms in total. The molecule has 1 atom stereocenters. The first-order valence-corrected chi connectivity index (χ1v) is 8.00. The minimum atomic E-state index is -3.21. The molecule has 0 fully saturated rings. The van der Waals surface area contributed by atoms with Crippen molar-refractivity contribution >= 4 is 10.0 Å². The Hall–Kier alpha value is -0.170. The van der Waals surface area contributed by atoms with Gasteiger partial charge in [-0.25, -0.2) is 12.7 Å². The second-order valence-electron chi connectivity index (χ2n) is 5.47. The molecular weight excluding hydrogens is 250 g/mol. The van der Waals surface area contributed by atoms with Gasteiger partial charge in [-0.3, -0.25) is 0 Å². The summed E-state index contributed by atoms with van der Waals surface area (Å²) in [4.78, 5) is 2.01. The first-order valence-electron chi connectivity index (χ1n) is 6.50. The van der Waals surface area contributed by atoms with Crippen LogP contribution in [-0.2, 0) is 10.0 Å². The fourth-order valence-corrected chi connectivity index (χ4v) is 3.42. The van der Waals surface area contributed by atoms with Crippen molar-refractivity contribution in [2.75, 3.05) is 47.3 Å². The normalized spacial score (nSPS) is 14.7. The number of nitrogens with zero attached hydrogens (tertiary/aromatic N) is 2. The van der Waals surface area contributed by atoms with Gasteiger partial charge in [-0.2, -0.15) is 0 Å². The van der Waals surface area contributed by atoms with Crippen molar-refractivity contribution < 1.29 is 8.42 Å². The Morgan fingerprint density at radius 2 is 1.67 bits per heavy atom. The summed E-state index contributed by atoms with van der Waals surface area (Å²) < 4.78 is 26.5. The van der Waals surface area contributed by atoms with Gasteiger partial charge in [0.05, 0.1) is 5.25 Å². The van der Waals surface area contributed by atoms with Gasteiger partial charge in [0.25, 0.3) is 0 Å². The molecule has 0 aliphatic rings. The van der Waals surface area contributed by atoms with Gasteiger partial charge < -0.3 is 10.2 Å². The second kappa shape index (κ2) is 8.09. The third-order valence-electron chi connectivity index (χ3n) is 2.73. The molecule has 0 rings (SSSR count). The standard InChI is InChI=1S/C12H29N3O2S/c1-11(2)10-15(8-7-14(5)6)18(16,17)12(3)9-13-4/h11-13H,7-10H2,1-6H3. The van der Waals surface area contributed by atoms with Gasteiger partial charge in [0, 0.05) is 26.2 Å². The van der Waals surface area contributed by atoms with Crippen molar-refractivity contribution in [3.05, 3.63) is 0 Å². The summed E-state index contributed by atoms with van der Waals surface area (Å²) in [7, 11) is 2.48. The molecule has 0 amide bonds. The summed E-state index contributed by atoms with van der Waals surface area (Å²) >= 11 is 0. The van der Waals surface area contributed by atoms with Gasteiger partial charge in [-0.15, -0.1) is 0 Å². The van der Waals surface area contributed by atoms with E-state index < -0.39 is 10.0 Å². The van der Waals surface area contributed by atoms with E-state index in [1.165, 1.54) is 0 Å². The van der Waals surface area contributed by atoms with Crippen LogP contribution in [0.25, 0.3) is 0 Å². The van der Waals surface area contributed by atoms with E-state index >= 15 is 0 Å². The molecule has 0 radical (unpaired) electrons. The van der Waals surface area contributed by atoms with E-state index in [-0.39, 0.29) is 5.25 Å². The summed E-state index contributed by atoms with van der Waals surface area (Å²) in [5, 5.41) is 2.54. The van der Waals surface area contributed by atoms with Crippen molar-refractivity contribution in [1.82, 2.24) is 14.5 Å². The fourth-order valence-electron chi connectivity index (χ4n) is 1.69. The highest BCUT2D eigenvalue weighted by atomic mass is 32.2. The summed E-state index contributed by atoms with van der Waals surface area (Å²) in [5.41, 5.74) is 0. The minimum absolute atomic E-state index is 0.337. The van der Waals surface area contributed by atoms with Gasteiger partial charge >= 0.3 is 0 Å². The lowest BCUT2D eigenvalue weighted by molar-refractivity contribution is 0.310. The van der Waals surface area contributed by atoms with Crippen LogP contribution in [0, 0.1) is 5.92 Å². The topological polar surface area (TPSA) is 52.7 Å². The number of sulfonamides is 1. The highest BCUT2D eigenvalue weighted by Gasteiger charge is 2.28. The molecule has 0 heterocycles. The molecule has 1 N–H and O–H groups in total. The highest BCUT2D eigenvalue weighted by molar-refractivity contribution is 7.89. The zero-order valence-electron chi connectivity index (χ0n) is 12.6. The van der Waals surface area contributed by atoms with Crippen molar-refractivity contribution in [1.29, 1.82) is 0 Å². The number of rotatable bonds is 9. The van der Waals surface area contributed by atoms with Crippen LogP contribution in [-0.4, -0.2) is 70.2 Å². The molecule has 0 saturated carbocycles. The van der Waals surface area contributed by atoms with Crippen molar-refractivity contribution in [3.8, 4) is 0 Å². The third kappa shape index (κ3) is 6.13. The van der Waals surface area contributed by atoms with Crippen LogP contribution in [0.2, 0.25) is 0 Å². The highest BCUT2D eigenvalue weighted by Crippen LogP contribution is 2.11. The maximum Gasteiger partial charge on any atom is 0.218 e. The molecule has 110 valence electrons. The van der Waals surface area contributed by atoms with E-state index in [1.54, 1.807) is 18.3 Å². The van der Waals surface area contributed by atoms with Crippen LogP contribution in [0.15, 0.2) is 0 Å². The Morgan fingerprint density at radius 1 is 1.11 bits per heavy atom. The second-order valence-corrected chi connectivity index (χ2v) is 7.82. The lowest BCUT2D eigenvalue weighted by Gasteiger charge is -2.28. The molecular formula is C12H29N3O2S. The molecule has 0 bridgehead atoms. The van der Waals surface area contributed by atoms with E-state index in [9.17, 15) is 8.42 Å². The fraction of sp³-hybridized carbons (Fsp3) is 1.00. The number of nitrogens with one attached hydrogen (secondary N) is 1. The third-order valence-corrected chi connectivity index (χ3v) is 4.96. The number of hydrogen-bond acceptors (Lipinski definition) is 4. The minimum Gasteiger partial charge on any atom is -0.318 e. The summed E-state index contributed by atoms with van der Waals surface area (Å²) in [5.74, 6) is 0.337. The average molecular weight is 279 g/mol. The molecule has 0 aromatic heterocycles. The number of hydrogen-bond donors (Lipinski definition) is 1. The molecule has 0 spiro atoms. The Balaban J connectivity index is 4.81. The maximum atomic E-state index is 12.4. The molecule has 0 aromatic carbocycles. The molecule has 1 unspecified atom stereocenters. The summed E-state index contributed by atoms with van der Waals surface area (Å²) in [6, 6.07) is 0. The quantitative estimate of drug-likeness (QED) is 0.665. The molecule has 0 aromatic rings. The zero-order valence-corrected chi connectivity index (χ0v) is 13.4. The molecule has 6 heteroatoms. The van der Waals surface area contributed by atoms with E-state index in [2.05, 4.69) is 5.32 Å². The van der Waals surface area contributed by atoms with Crippen molar-refractivity contribution in [2.24, 2.45) is 5.92 Å². The number of likely N-dealkylation sites (N-methyl/N-ethyl adjacent to an activating group) is 1. The maximum absolute atomic E-state index is 12.4. The first-order chi connectivity index (χ1) is 8.21. The van der Waals surface area contributed by atoms with E-state index in [4.69, 9.17) is 0 Å². The lowest BCUT2D eigenvalue weighted by Crippen LogP contribution is -2.45. The van der Waals surface area contributed by atoms with Gasteiger partial charge in [0.2, 0.25) is 10.0 Å². The smallest absolute Gasteiger partial charge is 0.218 e. The predicted molar refractivity (Wildman–Crippen MR) is 77.3 cm³/mol. The van der Waals surface area contributed by atoms with Crippen LogP contribution < -0.4 is 5.32 Å². The van der Waals surface area contributed by atoms with Crippen LogP contribution in [0.4, 0.5) is 0 Å². The zero-order chi connectivity index (χ0) is 14.3. The first kappa shape index (κ1) is 17.8. The molecule has 0 aliphatic carbocycles. The van der Waals surface area contributed by atoms with E-state index in [0.29, 0.717) is 25.6 Å². The lowest BCUT2D eigenvalue weighted by atomic mass is 10.2. The van der Waals surface area contributed by atoms with E-state index in [0.717, 1.165) is 6.54 Å². The van der Waals surface area contributed by atoms with Gasteiger partial charge in [0.15, 0.2) is 0 Å². The van der Waals surface area contributed by atoms with Crippen LogP contribution in [0.5, 0.6) is 0 Å². The summed E-state index contributed by atoms with van der Waals surface area (Å²) in [6.07, 6.45) is 0. The van der Waals surface area contributed by atoms with E-state index in [1.807, 2.05) is 32.8 Å². The molecule has 0 aliphatic heterocycles. The van der Waals surface area contributed by atoms with Gasteiger partial charge in [0.1, 0.15) is 0 Å². The van der Waals surface area contributed by atoms with Crippen LogP contribution >= 0.6 is 0 Å².